The van der Waals surface area contributed by atoms with Crippen LogP contribution in [0.25, 0.3) is 33.9 Å². The number of H-pyrrole nitrogens is 1. The van der Waals surface area contributed by atoms with Crippen LogP contribution in [0.5, 0.6) is 5.88 Å². The van der Waals surface area contributed by atoms with Crippen molar-refractivity contribution in [2.45, 2.75) is 45.6 Å². The maximum atomic E-state index is 15.0. The lowest BCUT2D eigenvalue weighted by Crippen LogP contribution is -2.37. The lowest BCUT2D eigenvalue weighted by Gasteiger charge is -2.35. The van der Waals surface area contributed by atoms with Crippen molar-refractivity contribution in [2.24, 2.45) is 5.41 Å². The molecule has 7 nitrogen and oxygen atoms in total. The molecule has 1 aliphatic carbocycles. The Morgan fingerprint density at radius 2 is 1.73 bits per heavy atom. The normalized spacial score (nSPS) is 19.4. The molecular formula is C29H29FN4O3. The number of nitrogens with one attached hydrogen (secondary N) is 1. The Morgan fingerprint density at radius 1 is 1.00 bits per heavy atom. The van der Waals surface area contributed by atoms with E-state index in [9.17, 15) is 4.79 Å². The number of aromatic amines is 1. The molecule has 0 unspecified atom stereocenters. The van der Waals surface area contributed by atoms with Crippen molar-refractivity contribution < 1.29 is 18.7 Å². The predicted octanol–water partition coefficient (Wildman–Crippen LogP) is 6.23. The van der Waals surface area contributed by atoms with Crippen LogP contribution in [0.1, 0.15) is 39.5 Å². The summed E-state index contributed by atoms with van der Waals surface area (Å²) in [6, 6.07) is 18.2. The van der Waals surface area contributed by atoms with Crippen molar-refractivity contribution in [3.05, 3.63) is 72.7 Å². The number of benzene rings is 2. The molecular weight excluding hydrogens is 471 g/mol. The summed E-state index contributed by atoms with van der Waals surface area (Å²) < 4.78 is 26.3. The van der Waals surface area contributed by atoms with E-state index < -0.39 is 11.2 Å². The number of pyridine rings is 1. The average Bonchev–Trinajstić information content (AvgIpc) is 3.41. The Hall–Kier alpha value is -4.07. The van der Waals surface area contributed by atoms with Crippen LogP contribution in [0.2, 0.25) is 0 Å². The maximum absolute atomic E-state index is 15.0. The molecule has 2 aromatic heterocycles. The zero-order chi connectivity index (χ0) is 25.8. The Morgan fingerprint density at radius 3 is 2.41 bits per heavy atom. The van der Waals surface area contributed by atoms with Crippen molar-refractivity contribution in [1.29, 1.82) is 0 Å². The van der Waals surface area contributed by atoms with Crippen LogP contribution >= 0.6 is 0 Å². The molecule has 0 saturated heterocycles. The van der Waals surface area contributed by atoms with E-state index in [4.69, 9.17) is 9.47 Å². The molecule has 1 saturated carbocycles. The van der Waals surface area contributed by atoms with Gasteiger partial charge in [-0.25, -0.2) is 9.37 Å². The summed E-state index contributed by atoms with van der Waals surface area (Å²) >= 11 is 0. The van der Waals surface area contributed by atoms with E-state index in [1.165, 1.54) is 6.07 Å². The van der Waals surface area contributed by atoms with Gasteiger partial charge in [-0.3, -0.25) is 4.79 Å². The molecule has 190 valence electrons. The van der Waals surface area contributed by atoms with E-state index in [-0.39, 0.29) is 12.1 Å². The van der Waals surface area contributed by atoms with Gasteiger partial charge >= 0.3 is 5.97 Å². The SMILES string of the molecule is CCOC(=O)C1(C)CCC(Oc2ccc(-c3ccc(-c4nnc(-c5ccccc5)[nH]4)c(F)c3)cn2)CC1. The number of halogens is 1. The molecule has 1 fully saturated rings. The van der Waals surface area contributed by atoms with Gasteiger partial charge in [0.25, 0.3) is 0 Å². The lowest BCUT2D eigenvalue weighted by atomic mass is 9.75. The van der Waals surface area contributed by atoms with Crippen LogP contribution in [-0.4, -0.2) is 38.8 Å². The van der Waals surface area contributed by atoms with Gasteiger partial charge in [-0.2, -0.15) is 0 Å². The van der Waals surface area contributed by atoms with Gasteiger partial charge in [0, 0.05) is 23.4 Å². The lowest BCUT2D eigenvalue weighted by molar-refractivity contribution is -0.157. The Balaban J connectivity index is 1.23. The molecule has 5 rings (SSSR count). The predicted molar refractivity (Wildman–Crippen MR) is 138 cm³/mol. The second-order valence-electron chi connectivity index (χ2n) is 9.57. The van der Waals surface area contributed by atoms with Crippen molar-refractivity contribution >= 4 is 5.97 Å². The number of carbonyl (C=O) groups excluding carboxylic acids is 1. The Labute approximate surface area is 215 Å². The molecule has 2 aromatic carbocycles. The van der Waals surface area contributed by atoms with Crippen LogP contribution in [0.4, 0.5) is 4.39 Å². The molecule has 0 aliphatic heterocycles. The second-order valence-corrected chi connectivity index (χ2v) is 9.57. The highest BCUT2D eigenvalue weighted by molar-refractivity contribution is 5.76. The quantitative estimate of drug-likeness (QED) is 0.303. The summed E-state index contributed by atoms with van der Waals surface area (Å²) in [6.45, 7) is 4.18. The van der Waals surface area contributed by atoms with Crippen LogP contribution in [0.15, 0.2) is 66.9 Å². The van der Waals surface area contributed by atoms with Gasteiger partial charge in [0.05, 0.1) is 17.6 Å². The molecule has 0 atom stereocenters. The van der Waals surface area contributed by atoms with Crippen molar-refractivity contribution in [1.82, 2.24) is 20.2 Å². The number of aromatic nitrogens is 4. The van der Waals surface area contributed by atoms with E-state index in [0.29, 0.717) is 35.3 Å². The van der Waals surface area contributed by atoms with Crippen molar-refractivity contribution in [3.8, 4) is 39.8 Å². The summed E-state index contributed by atoms with van der Waals surface area (Å²) in [4.78, 5) is 19.8. The van der Waals surface area contributed by atoms with Crippen molar-refractivity contribution in [2.75, 3.05) is 6.61 Å². The highest BCUT2D eigenvalue weighted by atomic mass is 19.1. The average molecular weight is 501 g/mol. The molecule has 8 heteroatoms. The van der Waals surface area contributed by atoms with Gasteiger partial charge in [0.1, 0.15) is 11.9 Å². The zero-order valence-electron chi connectivity index (χ0n) is 20.9. The van der Waals surface area contributed by atoms with Crippen LogP contribution < -0.4 is 4.74 Å². The molecule has 37 heavy (non-hydrogen) atoms. The fraction of sp³-hybridized carbons (Fsp3) is 0.310. The first-order valence-electron chi connectivity index (χ1n) is 12.5. The topological polar surface area (TPSA) is 90.0 Å². The van der Waals surface area contributed by atoms with E-state index in [2.05, 4.69) is 20.2 Å². The Bertz CT molecular complexity index is 1360. The molecule has 2 heterocycles. The number of nitrogens with zero attached hydrogens (tertiary/aromatic N) is 3. The fourth-order valence-corrected chi connectivity index (χ4v) is 4.64. The molecule has 0 bridgehead atoms. The number of ether oxygens (including phenoxy) is 2. The van der Waals surface area contributed by atoms with Crippen LogP contribution in [0.3, 0.4) is 0 Å². The first kappa shape index (κ1) is 24.6. The number of hydrogen-bond acceptors (Lipinski definition) is 6. The van der Waals surface area contributed by atoms with Gasteiger partial charge in [-0.05, 0) is 63.3 Å². The van der Waals surface area contributed by atoms with Gasteiger partial charge in [-0.15, -0.1) is 10.2 Å². The minimum absolute atomic E-state index is 0.000243. The van der Waals surface area contributed by atoms with E-state index in [1.807, 2.05) is 56.3 Å². The summed E-state index contributed by atoms with van der Waals surface area (Å²) in [7, 11) is 0. The minimum Gasteiger partial charge on any atom is -0.474 e. The first-order chi connectivity index (χ1) is 17.9. The van der Waals surface area contributed by atoms with Gasteiger partial charge in [0.2, 0.25) is 5.88 Å². The molecule has 4 aromatic rings. The minimum atomic E-state index is -0.446. The van der Waals surface area contributed by atoms with Gasteiger partial charge in [0.15, 0.2) is 11.6 Å². The van der Waals surface area contributed by atoms with Gasteiger partial charge in [-0.1, -0.05) is 36.4 Å². The number of esters is 1. The number of hydrogen-bond donors (Lipinski definition) is 1. The van der Waals surface area contributed by atoms with Crippen LogP contribution in [0, 0.1) is 11.2 Å². The largest absolute Gasteiger partial charge is 0.474 e. The third-order valence-electron chi connectivity index (χ3n) is 6.92. The van der Waals surface area contributed by atoms with E-state index >= 15 is 4.39 Å². The summed E-state index contributed by atoms with van der Waals surface area (Å²) in [5.74, 6) is 0.939. The molecule has 0 spiro atoms. The third kappa shape index (κ3) is 5.38. The highest BCUT2D eigenvalue weighted by Crippen LogP contribution is 2.38. The number of rotatable bonds is 7. The van der Waals surface area contributed by atoms with E-state index in [0.717, 1.165) is 36.8 Å². The summed E-state index contributed by atoms with van der Waals surface area (Å²) in [6.07, 6.45) is 4.64. The second kappa shape index (κ2) is 10.5. The molecule has 1 aliphatic rings. The van der Waals surface area contributed by atoms with E-state index in [1.54, 1.807) is 18.3 Å². The fourth-order valence-electron chi connectivity index (χ4n) is 4.64. The zero-order valence-corrected chi connectivity index (χ0v) is 20.9. The molecule has 0 amide bonds. The monoisotopic (exact) mass is 500 g/mol. The third-order valence-corrected chi connectivity index (χ3v) is 6.92. The number of carbonyl (C=O) groups is 1. The first-order valence-corrected chi connectivity index (χ1v) is 12.5. The van der Waals surface area contributed by atoms with Crippen molar-refractivity contribution in [3.63, 3.8) is 0 Å². The highest BCUT2D eigenvalue weighted by Gasteiger charge is 2.39. The smallest absolute Gasteiger partial charge is 0.311 e. The Kier molecular flexibility index (Phi) is 6.99. The maximum Gasteiger partial charge on any atom is 0.311 e. The standard InChI is InChI=1S/C29H29FN4O3/c1-3-36-28(35)29(2)15-13-22(14-16-29)37-25-12-10-21(18-31-25)20-9-11-23(24(30)17-20)27-32-26(33-34-27)19-7-5-4-6-8-19/h4-12,17-18,22H,3,13-16H2,1-2H3,(H,32,33,34). The summed E-state index contributed by atoms with van der Waals surface area (Å²) in [5, 5.41) is 8.27. The molecule has 1 N–H and O–H groups in total. The summed E-state index contributed by atoms with van der Waals surface area (Å²) in [5.41, 5.74) is 2.26. The van der Waals surface area contributed by atoms with Gasteiger partial charge < -0.3 is 14.5 Å². The van der Waals surface area contributed by atoms with Crippen LogP contribution in [-0.2, 0) is 9.53 Å². The molecule has 0 radical (unpaired) electrons.